The third kappa shape index (κ3) is 3.46. The number of benzene rings is 1. The molecule has 1 atom stereocenters. The Morgan fingerprint density at radius 2 is 1.95 bits per heavy atom. The minimum absolute atomic E-state index is 0.447. The summed E-state index contributed by atoms with van der Waals surface area (Å²) in [7, 11) is 0. The van der Waals surface area contributed by atoms with Gasteiger partial charge >= 0.3 is 0 Å². The highest BCUT2D eigenvalue weighted by Crippen LogP contribution is 2.27. The molecule has 0 radical (unpaired) electrons. The molecule has 108 valence electrons. The largest absolute Gasteiger partial charge is 0.338 e. The van der Waals surface area contributed by atoms with Crippen LogP contribution in [0.15, 0.2) is 21.1 Å². The Morgan fingerprint density at radius 3 is 2.55 bits per heavy atom. The van der Waals surface area contributed by atoms with Gasteiger partial charge in [0.05, 0.1) is 6.54 Å². The Morgan fingerprint density at radius 1 is 1.30 bits per heavy atom. The van der Waals surface area contributed by atoms with Gasteiger partial charge in [0.2, 0.25) is 11.7 Å². The predicted octanol–water partition coefficient (Wildman–Crippen LogP) is 4.00. The number of rotatable bonds is 5. The summed E-state index contributed by atoms with van der Waals surface area (Å²) in [6.07, 6.45) is 1.08. The van der Waals surface area contributed by atoms with Gasteiger partial charge in [0.25, 0.3) is 0 Å². The second-order valence-corrected chi connectivity index (χ2v) is 5.92. The molecule has 1 heterocycles. The molecule has 0 bridgehead atoms. The first-order valence-corrected chi connectivity index (χ1v) is 7.63. The van der Waals surface area contributed by atoms with Crippen molar-refractivity contribution in [3.8, 4) is 11.4 Å². The Kier molecular flexibility index (Phi) is 4.94. The SMILES string of the molecule is CCC(C)NCc1nc(-c2cc(C)c(Br)c(C)c2)no1. The summed E-state index contributed by atoms with van der Waals surface area (Å²) in [6, 6.07) is 4.57. The van der Waals surface area contributed by atoms with Gasteiger partial charge in [-0.1, -0.05) is 28.0 Å². The number of hydrogen-bond donors (Lipinski definition) is 1. The second kappa shape index (κ2) is 6.50. The predicted molar refractivity (Wildman–Crippen MR) is 83.5 cm³/mol. The van der Waals surface area contributed by atoms with Gasteiger partial charge in [-0.2, -0.15) is 4.98 Å². The lowest BCUT2D eigenvalue weighted by Gasteiger charge is -2.07. The average Bonchev–Trinajstić information content (AvgIpc) is 2.90. The van der Waals surface area contributed by atoms with Gasteiger partial charge in [-0.3, -0.25) is 0 Å². The first kappa shape index (κ1) is 15.2. The maximum absolute atomic E-state index is 5.29. The van der Waals surface area contributed by atoms with E-state index in [9.17, 15) is 0 Å². The zero-order valence-electron chi connectivity index (χ0n) is 12.3. The van der Waals surface area contributed by atoms with Crippen molar-refractivity contribution >= 4 is 15.9 Å². The molecule has 0 fully saturated rings. The van der Waals surface area contributed by atoms with Crippen LogP contribution in [0.4, 0.5) is 0 Å². The van der Waals surface area contributed by atoms with Crippen LogP contribution in [0, 0.1) is 13.8 Å². The van der Waals surface area contributed by atoms with E-state index in [-0.39, 0.29) is 0 Å². The van der Waals surface area contributed by atoms with Gasteiger partial charge in [0.15, 0.2) is 0 Å². The van der Waals surface area contributed by atoms with Gasteiger partial charge in [-0.05, 0) is 50.5 Å². The summed E-state index contributed by atoms with van der Waals surface area (Å²) >= 11 is 3.57. The molecular formula is C15H20BrN3O. The third-order valence-electron chi connectivity index (χ3n) is 3.38. The topological polar surface area (TPSA) is 51.0 Å². The lowest BCUT2D eigenvalue weighted by atomic mass is 10.1. The highest BCUT2D eigenvalue weighted by Gasteiger charge is 2.11. The van der Waals surface area contributed by atoms with Crippen LogP contribution in [0.25, 0.3) is 11.4 Å². The Labute approximate surface area is 128 Å². The van der Waals surface area contributed by atoms with E-state index in [1.54, 1.807) is 0 Å². The number of nitrogens with one attached hydrogen (secondary N) is 1. The third-order valence-corrected chi connectivity index (χ3v) is 4.63. The molecule has 0 spiro atoms. The van der Waals surface area contributed by atoms with Gasteiger partial charge in [-0.25, -0.2) is 0 Å². The average molecular weight is 338 g/mol. The Bertz CT molecular complexity index is 572. The molecule has 5 heteroatoms. The molecule has 0 saturated heterocycles. The molecular weight excluding hydrogens is 318 g/mol. The summed E-state index contributed by atoms with van der Waals surface area (Å²) < 4.78 is 6.42. The first-order chi connectivity index (χ1) is 9.51. The lowest BCUT2D eigenvalue weighted by Crippen LogP contribution is -2.24. The second-order valence-electron chi connectivity index (χ2n) is 5.13. The fraction of sp³-hybridized carbons (Fsp3) is 0.467. The van der Waals surface area contributed by atoms with Gasteiger partial charge < -0.3 is 9.84 Å². The fourth-order valence-electron chi connectivity index (χ4n) is 1.92. The minimum atomic E-state index is 0.447. The molecule has 2 rings (SSSR count). The normalized spacial score (nSPS) is 12.7. The van der Waals surface area contributed by atoms with Crippen LogP contribution in [-0.2, 0) is 6.54 Å². The zero-order chi connectivity index (χ0) is 14.7. The summed E-state index contributed by atoms with van der Waals surface area (Å²) in [6.45, 7) is 9.01. The van der Waals surface area contributed by atoms with Crippen molar-refractivity contribution in [2.75, 3.05) is 0 Å². The van der Waals surface area contributed by atoms with Crippen molar-refractivity contribution < 1.29 is 4.52 Å². The zero-order valence-corrected chi connectivity index (χ0v) is 13.9. The summed E-state index contributed by atoms with van der Waals surface area (Å²) in [5.74, 6) is 1.27. The van der Waals surface area contributed by atoms with E-state index in [2.05, 4.69) is 71.2 Å². The number of aryl methyl sites for hydroxylation is 2. The van der Waals surface area contributed by atoms with E-state index in [4.69, 9.17) is 4.52 Å². The van der Waals surface area contributed by atoms with Crippen molar-refractivity contribution in [3.05, 3.63) is 33.6 Å². The molecule has 0 amide bonds. The van der Waals surface area contributed by atoms with Gasteiger partial charge in [0, 0.05) is 16.1 Å². The Balaban J connectivity index is 2.16. The summed E-state index contributed by atoms with van der Waals surface area (Å²) in [5.41, 5.74) is 3.33. The molecule has 1 N–H and O–H groups in total. The van der Waals surface area contributed by atoms with Crippen molar-refractivity contribution in [2.45, 2.75) is 46.7 Å². The Hall–Kier alpha value is -1.20. The van der Waals surface area contributed by atoms with E-state index in [0.717, 1.165) is 16.5 Å². The van der Waals surface area contributed by atoms with E-state index in [1.165, 1.54) is 11.1 Å². The molecule has 1 aromatic carbocycles. The molecule has 1 aromatic heterocycles. The van der Waals surface area contributed by atoms with E-state index >= 15 is 0 Å². The number of aromatic nitrogens is 2. The maximum Gasteiger partial charge on any atom is 0.240 e. The molecule has 4 nitrogen and oxygen atoms in total. The van der Waals surface area contributed by atoms with Crippen molar-refractivity contribution in [1.82, 2.24) is 15.5 Å². The molecule has 2 aromatic rings. The lowest BCUT2D eigenvalue weighted by molar-refractivity contribution is 0.358. The number of halogens is 1. The maximum atomic E-state index is 5.29. The van der Waals surface area contributed by atoms with Gasteiger partial charge in [0.1, 0.15) is 0 Å². The molecule has 0 aliphatic carbocycles. The van der Waals surface area contributed by atoms with Crippen molar-refractivity contribution in [3.63, 3.8) is 0 Å². The number of hydrogen-bond acceptors (Lipinski definition) is 4. The van der Waals surface area contributed by atoms with E-state index < -0.39 is 0 Å². The van der Waals surface area contributed by atoms with Gasteiger partial charge in [-0.15, -0.1) is 0 Å². The first-order valence-electron chi connectivity index (χ1n) is 6.84. The molecule has 0 aliphatic rings. The quantitative estimate of drug-likeness (QED) is 0.895. The molecule has 0 saturated carbocycles. The van der Waals surface area contributed by atoms with Crippen LogP contribution in [-0.4, -0.2) is 16.2 Å². The van der Waals surface area contributed by atoms with Crippen molar-refractivity contribution in [2.24, 2.45) is 0 Å². The summed E-state index contributed by atoms with van der Waals surface area (Å²) in [5, 5.41) is 7.40. The van der Waals surface area contributed by atoms with E-state index in [0.29, 0.717) is 24.3 Å². The van der Waals surface area contributed by atoms with Crippen LogP contribution in [0.2, 0.25) is 0 Å². The highest BCUT2D eigenvalue weighted by atomic mass is 79.9. The fourth-order valence-corrected chi connectivity index (χ4v) is 2.15. The molecule has 20 heavy (non-hydrogen) atoms. The van der Waals surface area contributed by atoms with Crippen molar-refractivity contribution in [1.29, 1.82) is 0 Å². The summed E-state index contributed by atoms with van der Waals surface area (Å²) in [4.78, 5) is 4.44. The highest BCUT2D eigenvalue weighted by molar-refractivity contribution is 9.10. The molecule has 1 unspecified atom stereocenters. The van der Waals surface area contributed by atoms with Crippen LogP contribution in [0.5, 0.6) is 0 Å². The smallest absolute Gasteiger partial charge is 0.240 e. The number of nitrogens with zero attached hydrogens (tertiary/aromatic N) is 2. The standard InChI is InChI=1S/C15H20BrN3O/c1-5-11(4)17-8-13-18-15(19-20-13)12-6-9(2)14(16)10(3)7-12/h6-7,11,17H,5,8H2,1-4H3. The van der Waals surface area contributed by atoms with Crippen LogP contribution >= 0.6 is 15.9 Å². The monoisotopic (exact) mass is 337 g/mol. The van der Waals surface area contributed by atoms with Crippen LogP contribution in [0.3, 0.4) is 0 Å². The molecule has 0 aliphatic heterocycles. The van der Waals surface area contributed by atoms with Crippen LogP contribution < -0.4 is 5.32 Å². The van der Waals surface area contributed by atoms with E-state index in [1.807, 2.05) is 0 Å². The van der Waals surface area contributed by atoms with Crippen LogP contribution in [0.1, 0.15) is 37.3 Å². The minimum Gasteiger partial charge on any atom is -0.338 e.